The summed E-state index contributed by atoms with van der Waals surface area (Å²) in [7, 11) is 0. The molecule has 1 nitrogen and oxygen atoms in total. The molecule has 4 rings (SSSR count). The molecule has 18 heavy (non-hydrogen) atoms. The van der Waals surface area contributed by atoms with Crippen LogP contribution in [0.2, 0.25) is 9.49 Å². The predicted octanol–water partition coefficient (Wildman–Crippen LogP) is 5.97. The van der Waals surface area contributed by atoms with Gasteiger partial charge in [0.2, 0.25) is 0 Å². The lowest BCUT2D eigenvalue weighted by molar-refractivity contribution is 1.52. The molecular formula is C13H5Cl2NS2. The first-order valence-electron chi connectivity index (χ1n) is 5.30. The van der Waals surface area contributed by atoms with Crippen molar-refractivity contribution in [2.75, 3.05) is 0 Å². The Morgan fingerprint density at radius 1 is 1.00 bits per heavy atom. The lowest BCUT2D eigenvalue weighted by atomic mass is 10.1. The minimum Gasteiger partial charge on any atom is -0.224 e. The number of hydrogen-bond donors (Lipinski definition) is 0. The van der Waals surface area contributed by atoms with E-state index in [4.69, 9.17) is 23.2 Å². The maximum absolute atomic E-state index is 6.30. The minimum absolute atomic E-state index is 0.537. The summed E-state index contributed by atoms with van der Waals surface area (Å²) in [6, 6.07) is 10.3. The molecule has 0 aliphatic carbocycles. The third-order valence-electron chi connectivity index (χ3n) is 2.94. The van der Waals surface area contributed by atoms with Gasteiger partial charge in [-0.05, 0) is 12.1 Å². The van der Waals surface area contributed by atoms with Crippen molar-refractivity contribution in [1.29, 1.82) is 0 Å². The van der Waals surface area contributed by atoms with Gasteiger partial charge in [-0.25, -0.2) is 4.98 Å². The van der Waals surface area contributed by atoms with E-state index in [9.17, 15) is 0 Å². The molecule has 0 amide bonds. The number of halogens is 2. The van der Waals surface area contributed by atoms with E-state index in [1.54, 1.807) is 11.3 Å². The van der Waals surface area contributed by atoms with Crippen LogP contribution in [0, 0.1) is 0 Å². The standard InChI is InChI=1S/C13H5Cl2NS2/c14-7-5-9-10(11-12(7)18-13(15)16-11)6-3-1-2-4-8(6)17-9/h1-5H. The van der Waals surface area contributed by atoms with E-state index in [1.807, 2.05) is 18.2 Å². The smallest absolute Gasteiger partial charge is 0.184 e. The zero-order valence-electron chi connectivity index (χ0n) is 8.91. The van der Waals surface area contributed by atoms with Crippen molar-refractivity contribution in [2.45, 2.75) is 0 Å². The second-order valence-corrected chi connectivity index (χ2v) is 7.05. The molecule has 0 bridgehead atoms. The molecule has 0 atom stereocenters. The molecule has 0 unspecified atom stereocenters. The fourth-order valence-corrected chi connectivity index (χ4v) is 4.77. The van der Waals surface area contributed by atoms with Gasteiger partial charge in [0.1, 0.15) is 0 Å². The maximum Gasteiger partial charge on any atom is 0.184 e. The van der Waals surface area contributed by atoms with Crippen molar-refractivity contribution >= 4 is 76.3 Å². The molecule has 4 aromatic rings. The van der Waals surface area contributed by atoms with Gasteiger partial charge in [0.15, 0.2) is 4.47 Å². The number of aromatic nitrogens is 1. The molecule has 0 spiro atoms. The van der Waals surface area contributed by atoms with Gasteiger partial charge >= 0.3 is 0 Å². The highest BCUT2D eigenvalue weighted by molar-refractivity contribution is 7.26. The molecule has 0 aliphatic rings. The molecule has 2 heterocycles. The largest absolute Gasteiger partial charge is 0.224 e. The van der Waals surface area contributed by atoms with E-state index in [0.29, 0.717) is 4.47 Å². The average molecular weight is 310 g/mol. The van der Waals surface area contributed by atoms with Crippen LogP contribution in [0.1, 0.15) is 0 Å². The third-order valence-corrected chi connectivity index (χ3v) is 5.66. The number of fused-ring (bicyclic) bond motifs is 5. The van der Waals surface area contributed by atoms with Crippen LogP contribution in [0.25, 0.3) is 30.4 Å². The highest BCUT2D eigenvalue weighted by atomic mass is 35.5. The molecule has 0 radical (unpaired) electrons. The molecule has 88 valence electrons. The Hall–Kier alpha value is -0.870. The Labute approximate surface area is 121 Å². The van der Waals surface area contributed by atoms with Gasteiger partial charge < -0.3 is 0 Å². The van der Waals surface area contributed by atoms with Crippen LogP contribution in [-0.4, -0.2) is 4.98 Å². The van der Waals surface area contributed by atoms with E-state index >= 15 is 0 Å². The van der Waals surface area contributed by atoms with E-state index < -0.39 is 0 Å². The zero-order valence-corrected chi connectivity index (χ0v) is 12.1. The number of thiophene rings is 1. The van der Waals surface area contributed by atoms with Gasteiger partial charge in [0.25, 0.3) is 0 Å². The van der Waals surface area contributed by atoms with Crippen LogP contribution in [0.15, 0.2) is 30.3 Å². The van der Waals surface area contributed by atoms with Crippen molar-refractivity contribution in [3.05, 3.63) is 39.8 Å². The molecule has 0 aliphatic heterocycles. The van der Waals surface area contributed by atoms with Gasteiger partial charge in [0, 0.05) is 20.2 Å². The number of rotatable bonds is 0. The Morgan fingerprint density at radius 2 is 1.83 bits per heavy atom. The van der Waals surface area contributed by atoms with E-state index in [1.165, 1.54) is 21.4 Å². The summed E-state index contributed by atoms with van der Waals surface area (Å²) in [5, 5.41) is 3.12. The molecular weight excluding hydrogens is 305 g/mol. The topological polar surface area (TPSA) is 12.9 Å². The quantitative estimate of drug-likeness (QED) is 0.390. The van der Waals surface area contributed by atoms with Crippen LogP contribution in [-0.2, 0) is 0 Å². The van der Waals surface area contributed by atoms with Gasteiger partial charge in [-0.2, -0.15) is 0 Å². The zero-order chi connectivity index (χ0) is 12.3. The summed E-state index contributed by atoms with van der Waals surface area (Å²) in [6.07, 6.45) is 0. The summed E-state index contributed by atoms with van der Waals surface area (Å²) >= 11 is 15.5. The fraction of sp³-hybridized carbons (Fsp3) is 0. The number of benzene rings is 2. The highest BCUT2D eigenvalue weighted by Gasteiger charge is 2.14. The summed E-state index contributed by atoms with van der Waals surface area (Å²) in [5.41, 5.74) is 0.921. The Morgan fingerprint density at radius 3 is 2.72 bits per heavy atom. The minimum atomic E-state index is 0.537. The van der Waals surface area contributed by atoms with Gasteiger partial charge in [0.05, 0.1) is 15.2 Å². The summed E-state index contributed by atoms with van der Waals surface area (Å²) in [6.45, 7) is 0. The first-order valence-corrected chi connectivity index (χ1v) is 7.69. The first kappa shape index (κ1) is 11.0. The molecule has 2 aromatic heterocycles. The van der Waals surface area contributed by atoms with Crippen LogP contribution in [0.4, 0.5) is 0 Å². The van der Waals surface area contributed by atoms with Gasteiger partial charge in [-0.1, -0.05) is 41.4 Å². The summed E-state index contributed by atoms with van der Waals surface area (Å²) in [4.78, 5) is 4.43. The third kappa shape index (κ3) is 1.42. The monoisotopic (exact) mass is 309 g/mol. The van der Waals surface area contributed by atoms with E-state index in [-0.39, 0.29) is 0 Å². The van der Waals surface area contributed by atoms with Crippen LogP contribution >= 0.6 is 45.9 Å². The average Bonchev–Trinajstić information content (AvgIpc) is 2.88. The summed E-state index contributed by atoms with van der Waals surface area (Å²) in [5.74, 6) is 0. The van der Waals surface area contributed by atoms with Crippen molar-refractivity contribution in [3.8, 4) is 0 Å². The van der Waals surface area contributed by atoms with Crippen LogP contribution in [0.3, 0.4) is 0 Å². The van der Waals surface area contributed by atoms with Crippen molar-refractivity contribution < 1.29 is 0 Å². The molecule has 0 saturated carbocycles. The second kappa shape index (κ2) is 3.81. The van der Waals surface area contributed by atoms with Gasteiger partial charge in [-0.3, -0.25) is 0 Å². The molecule has 2 aromatic carbocycles. The van der Waals surface area contributed by atoms with Crippen LogP contribution in [0.5, 0.6) is 0 Å². The molecule has 0 N–H and O–H groups in total. The molecule has 0 fully saturated rings. The second-order valence-electron chi connectivity index (χ2n) is 3.97. The van der Waals surface area contributed by atoms with Crippen molar-refractivity contribution in [1.82, 2.24) is 4.98 Å². The Balaban J connectivity index is 2.38. The van der Waals surface area contributed by atoms with Gasteiger partial charge in [-0.15, -0.1) is 22.7 Å². The Kier molecular flexibility index (Phi) is 2.33. The molecule has 5 heteroatoms. The van der Waals surface area contributed by atoms with E-state index in [2.05, 4.69) is 17.1 Å². The van der Waals surface area contributed by atoms with Crippen molar-refractivity contribution in [2.24, 2.45) is 0 Å². The fourth-order valence-electron chi connectivity index (χ4n) is 2.22. The van der Waals surface area contributed by atoms with Crippen LogP contribution < -0.4 is 0 Å². The number of nitrogens with zero attached hydrogens (tertiary/aromatic N) is 1. The first-order chi connectivity index (χ1) is 8.74. The predicted molar refractivity (Wildman–Crippen MR) is 82.5 cm³/mol. The Bertz CT molecular complexity index is 907. The van der Waals surface area contributed by atoms with Crippen molar-refractivity contribution in [3.63, 3.8) is 0 Å². The maximum atomic E-state index is 6.30. The lowest BCUT2D eigenvalue weighted by Gasteiger charge is -1.95. The highest BCUT2D eigenvalue weighted by Crippen LogP contribution is 2.43. The SMILES string of the molecule is Clc1nc2c(s1)c(Cl)cc1sc3ccccc3c12. The normalized spacial score (nSPS) is 11.9. The number of thiazole rings is 1. The van der Waals surface area contributed by atoms with E-state index in [0.717, 1.165) is 25.3 Å². The molecule has 0 saturated heterocycles. The lowest BCUT2D eigenvalue weighted by Crippen LogP contribution is -1.72. The number of hydrogen-bond acceptors (Lipinski definition) is 3. The summed E-state index contributed by atoms with van der Waals surface area (Å²) < 4.78 is 3.92.